The van der Waals surface area contributed by atoms with E-state index in [0.717, 1.165) is 11.1 Å². The van der Waals surface area contributed by atoms with E-state index in [-0.39, 0.29) is 11.1 Å². The molecular formula is C18H18O6. The minimum atomic E-state index is -3.07. The molecule has 0 fully saturated rings. The molecule has 2 aromatic rings. The van der Waals surface area contributed by atoms with Crippen LogP contribution in [0.5, 0.6) is 0 Å². The lowest BCUT2D eigenvalue weighted by molar-refractivity contribution is -0.213. The van der Waals surface area contributed by atoms with E-state index in [4.69, 9.17) is 0 Å². The van der Waals surface area contributed by atoms with E-state index in [1.807, 2.05) is 0 Å². The monoisotopic (exact) mass is 330 g/mol. The number of aliphatic carboxylic acids is 2. The Bertz CT molecular complexity index is 698. The number of rotatable bonds is 5. The van der Waals surface area contributed by atoms with E-state index < -0.39 is 23.1 Å². The van der Waals surface area contributed by atoms with Gasteiger partial charge in [-0.1, -0.05) is 59.7 Å². The zero-order valence-corrected chi connectivity index (χ0v) is 13.2. The summed E-state index contributed by atoms with van der Waals surface area (Å²) in [4.78, 5) is 23.6. The van der Waals surface area contributed by atoms with Crippen LogP contribution in [-0.2, 0) is 20.8 Å². The van der Waals surface area contributed by atoms with Gasteiger partial charge in [-0.2, -0.15) is 0 Å². The van der Waals surface area contributed by atoms with E-state index >= 15 is 0 Å². The summed E-state index contributed by atoms with van der Waals surface area (Å²) in [6.45, 7) is 3.51. The largest absolute Gasteiger partial charge is 0.479 e. The topological polar surface area (TPSA) is 115 Å². The van der Waals surface area contributed by atoms with E-state index in [1.54, 1.807) is 13.8 Å². The van der Waals surface area contributed by atoms with E-state index in [9.17, 15) is 30.0 Å². The number of benzene rings is 2. The number of hydrogen-bond donors (Lipinski definition) is 4. The summed E-state index contributed by atoms with van der Waals surface area (Å²) in [5.74, 6) is -3.73. The Morgan fingerprint density at radius 3 is 1.12 bits per heavy atom. The molecule has 0 spiro atoms. The lowest BCUT2D eigenvalue weighted by Gasteiger charge is -2.37. The number of hydrogen-bond acceptors (Lipinski definition) is 4. The molecular weight excluding hydrogens is 312 g/mol. The van der Waals surface area contributed by atoms with Crippen LogP contribution < -0.4 is 0 Å². The minimum absolute atomic E-state index is 0.230. The van der Waals surface area contributed by atoms with Crippen LogP contribution in [0.1, 0.15) is 22.3 Å². The molecule has 0 aliphatic rings. The van der Waals surface area contributed by atoms with Gasteiger partial charge in [-0.15, -0.1) is 0 Å². The second-order valence-electron chi connectivity index (χ2n) is 5.76. The second kappa shape index (κ2) is 6.07. The van der Waals surface area contributed by atoms with Gasteiger partial charge in [-0.25, -0.2) is 9.59 Å². The van der Waals surface area contributed by atoms with Crippen molar-refractivity contribution < 1.29 is 30.0 Å². The predicted octanol–water partition coefficient (Wildman–Crippen LogP) is 1.55. The van der Waals surface area contributed by atoms with Gasteiger partial charge in [0, 0.05) is 0 Å². The number of aryl methyl sites for hydroxylation is 2. The fourth-order valence-electron chi connectivity index (χ4n) is 2.56. The van der Waals surface area contributed by atoms with Crippen LogP contribution in [0, 0.1) is 13.8 Å². The zero-order chi connectivity index (χ0) is 18.1. The average molecular weight is 330 g/mol. The molecule has 24 heavy (non-hydrogen) atoms. The highest BCUT2D eigenvalue weighted by atomic mass is 16.5. The molecule has 4 N–H and O–H groups in total. The molecule has 0 radical (unpaired) electrons. The van der Waals surface area contributed by atoms with Gasteiger partial charge in [0.1, 0.15) is 0 Å². The Balaban J connectivity index is 2.77. The molecule has 0 aliphatic carbocycles. The molecule has 0 aromatic heterocycles. The average Bonchev–Trinajstić information content (AvgIpc) is 2.54. The van der Waals surface area contributed by atoms with E-state index in [0.29, 0.717) is 0 Å². The summed E-state index contributed by atoms with van der Waals surface area (Å²) in [6, 6.07) is 11.2. The first-order valence-electron chi connectivity index (χ1n) is 7.20. The third-order valence-electron chi connectivity index (χ3n) is 4.08. The molecule has 1 unspecified atom stereocenters. The molecule has 0 bridgehead atoms. The Hall–Kier alpha value is -2.70. The molecule has 2 aromatic carbocycles. The SMILES string of the molecule is Cc1ccc(C(O)(C(=O)O)[C@](O)(C(=O)O)c2ccc(C)cc2)cc1. The third kappa shape index (κ3) is 2.55. The second-order valence-corrected chi connectivity index (χ2v) is 5.76. The van der Waals surface area contributed by atoms with Crippen LogP contribution in [0.15, 0.2) is 48.5 Å². The summed E-state index contributed by atoms with van der Waals surface area (Å²) < 4.78 is 0. The molecule has 6 nitrogen and oxygen atoms in total. The van der Waals surface area contributed by atoms with Crippen molar-refractivity contribution in [1.82, 2.24) is 0 Å². The summed E-state index contributed by atoms with van der Waals surface area (Å²) in [5.41, 5.74) is -5.01. The van der Waals surface area contributed by atoms with Crippen molar-refractivity contribution >= 4 is 11.9 Å². The van der Waals surface area contributed by atoms with Crippen LogP contribution in [0.25, 0.3) is 0 Å². The molecule has 0 heterocycles. The van der Waals surface area contributed by atoms with Crippen molar-refractivity contribution in [3.63, 3.8) is 0 Å². The van der Waals surface area contributed by atoms with Gasteiger partial charge in [-0.3, -0.25) is 0 Å². The Kier molecular flexibility index (Phi) is 4.46. The maximum absolute atomic E-state index is 11.8. The van der Waals surface area contributed by atoms with Crippen molar-refractivity contribution in [1.29, 1.82) is 0 Å². The maximum atomic E-state index is 11.8. The van der Waals surface area contributed by atoms with E-state index in [2.05, 4.69) is 0 Å². The predicted molar refractivity (Wildman–Crippen MR) is 85.4 cm³/mol. The summed E-state index contributed by atoms with van der Waals surface area (Å²) in [6.07, 6.45) is 0. The van der Waals surface area contributed by atoms with Crippen molar-refractivity contribution in [2.24, 2.45) is 0 Å². The van der Waals surface area contributed by atoms with Crippen LogP contribution in [0.4, 0.5) is 0 Å². The van der Waals surface area contributed by atoms with Crippen molar-refractivity contribution in [3.8, 4) is 0 Å². The normalized spacial score (nSPS) is 16.0. The number of carbonyl (C=O) groups is 2. The molecule has 2 atom stereocenters. The zero-order valence-electron chi connectivity index (χ0n) is 13.2. The van der Waals surface area contributed by atoms with Crippen LogP contribution in [0.3, 0.4) is 0 Å². The summed E-state index contributed by atoms with van der Waals surface area (Å²) in [5, 5.41) is 40.8. The highest BCUT2D eigenvalue weighted by molar-refractivity contribution is 5.92. The number of carboxylic acid groups (broad SMARTS) is 2. The standard InChI is InChI=1S/C18H18O6/c1-11-3-7-13(8-4-11)17(23,15(19)20)18(24,16(21)22)14-9-5-12(2)6-10-14/h3-10,23-24H,1-2H3,(H,19,20)(H,21,22)/t17-,18?/m1/s1. The lowest BCUT2D eigenvalue weighted by atomic mass is 9.73. The molecule has 2 rings (SSSR count). The van der Waals surface area contributed by atoms with E-state index in [1.165, 1.54) is 48.5 Å². The highest BCUT2D eigenvalue weighted by Crippen LogP contribution is 2.41. The molecule has 0 saturated carbocycles. The van der Waals surface area contributed by atoms with Gasteiger partial charge in [0.2, 0.25) is 11.2 Å². The molecule has 126 valence electrons. The summed E-state index contributed by atoms with van der Waals surface area (Å²) >= 11 is 0. The number of carboxylic acids is 2. The summed E-state index contributed by atoms with van der Waals surface area (Å²) in [7, 11) is 0. The van der Waals surface area contributed by atoms with Gasteiger partial charge in [0.05, 0.1) is 0 Å². The van der Waals surface area contributed by atoms with Crippen LogP contribution in [-0.4, -0.2) is 32.4 Å². The van der Waals surface area contributed by atoms with Gasteiger partial charge >= 0.3 is 11.9 Å². The number of aliphatic hydroxyl groups is 2. The lowest BCUT2D eigenvalue weighted by Crippen LogP contribution is -2.59. The fourth-order valence-corrected chi connectivity index (χ4v) is 2.56. The van der Waals surface area contributed by atoms with Crippen LogP contribution >= 0.6 is 0 Å². The minimum Gasteiger partial charge on any atom is -0.479 e. The first-order chi connectivity index (χ1) is 11.1. The first-order valence-corrected chi connectivity index (χ1v) is 7.20. The van der Waals surface area contributed by atoms with Gasteiger partial charge < -0.3 is 20.4 Å². The third-order valence-corrected chi connectivity index (χ3v) is 4.08. The van der Waals surface area contributed by atoms with Gasteiger partial charge in [0.25, 0.3) is 0 Å². The van der Waals surface area contributed by atoms with Crippen molar-refractivity contribution in [3.05, 3.63) is 70.8 Å². The Labute approximate surface area is 138 Å². The molecule has 6 heteroatoms. The molecule has 0 aliphatic heterocycles. The smallest absolute Gasteiger partial charge is 0.344 e. The van der Waals surface area contributed by atoms with Gasteiger partial charge in [0.15, 0.2) is 0 Å². The maximum Gasteiger partial charge on any atom is 0.344 e. The first kappa shape index (κ1) is 17.7. The quantitative estimate of drug-likeness (QED) is 0.661. The molecule has 0 saturated heterocycles. The van der Waals surface area contributed by atoms with Crippen molar-refractivity contribution in [2.45, 2.75) is 25.0 Å². The Morgan fingerprint density at radius 1 is 0.667 bits per heavy atom. The van der Waals surface area contributed by atoms with Crippen molar-refractivity contribution in [2.75, 3.05) is 0 Å². The van der Waals surface area contributed by atoms with Crippen LogP contribution in [0.2, 0.25) is 0 Å². The highest BCUT2D eigenvalue weighted by Gasteiger charge is 2.63. The fraction of sp³-hybridized carbons (Fsp3) is 0.222. The molecule has 0 amide bonds. The van der Waals surface area contributed by atoms with Gasteiger partial charge in [-0.05, 0) is 25.0 Å². The Morgan fingerprint density at radius 2 is 0.917 bits per heavy atom.